The highest BCUT2D eigenvalue weighted by molar-refractivity contribution is 6.20. The molecule has 14 heavy (non-hydrogen) atoms. The van der Waals surface area contributed by atoms with Crippen LogP contribution in [0.25, 0.3) is 0 Å². The Hall–Kier alpha value is -1.36. The number of amides is 1. The van der Waals surface area contributed by atoms with Crippen LogP contribution in [-0.4, -0.2) is 11.5 Å². The zero-order chi connectivity index (χ0) is 10.8. The number of carbonyl (C=O) groups is 1. The van der Waals surface area contributed by atoms with Gasteiger partial charge in [0.2, 0.25) is 0 Å². The summed E-state index contributed by atoms with van der Waals surface area (Å²) in [5.41, 5.74) is 0.925. The van der Waals surface area contributed by atoms with E-state index in [4.69, 9.17) is 5.73 Å². The van der Waals surface area contributed by atoms with Crippen LogP contribution in [0, 0.1) is 0 Å². The van der Waals surface area contributed by atoms with Crippen LogP contribution in [0.15, 0.2) is 24.3 Å². The third kappa shape index (κ3) is 2.85. The highest BCUT2D eigenvalue weighted by atomic mass is 35.5. The lowest BCUT2D eigenvalue weighted by Crippen LogP contribution is -2.19. The Morgan fingerprint density at radius 3 is 2.50 bits per heavy atom. The maximum atomic E-state index is 12.2. The predicted octanol–water partition coefficient (Wildman–Crippen LogP) is 1.95. The lowest BCUT2D eigenvalue weighted by molar-refractivity contribution is -0.0966. The van der Waals surface area contributed by atoms with E-state index in [-0.39, 0.29) is 11.3 Å². The quantitative estimate of drug-likeness (QED) is 0.794. The molecule has 1 aromatic rings. The Kier molecular flexibility index (Phi) is 2.90. The number of para-hydroxylation sites is 1. The molecule has 0 aromatic heterocycles. The fourth-order valence-electron chi connectivity index (χ4n) is 0.884. The smallest absolute Gasteiger partial charge is 0.419 e. The summed E-state index contributed by atoms with van der Waals surface area (Å²) in [4.78, 5) is 10.8. The summed E-state index contributed by atoms with van der Waals surface area (Å²) in [6.45, 7) is 0. The fourth-order valence-corrected chi connectivity index (χ4v) is 0.967. The van der Waals surface area contributed by atoms with Crippen molar-refractivity contribution >= 4 is 17.5 Å². The first kappa shape index (κ1) is 10.7. The summed E-state index contributed by atoms with van der Waals surface area (Å²) < 4.78 is 28.5. The molecule has 0 bridgehead atoms. The molecule has 0 aliphatic rings. The number of hydrogen-bond donors (Lipinski definition) is 1. The second-order valence-corrected chi connectivity index (χ2v) is 2.85. The first-order valence-corrected chi connectivity index (χ1v) is 3.92. The van der Waals surface area contributed by atoms with Crippen LogP contribution in [-0.2, 0) is 0 Å². The van der Waals surface area contributed by atoms with E-state index in [9.17, 15) is 13.6 Å². The molecule has 0 unspecified atom stereocenters. The molecule has 76 valence electrons. The van der Waals surface area contributed by atoms with Gasteiger partial charge >= 0.3 is 5.57 Å². The maximum Gasteiger partial charge on any atom is 0.487 e. The second kappa shape index (κ2) is 3.79. The van der Waals surface area contributed by atoms with Crippen molar-refractivity contribution in [2.24, 2.45) is 5.73 Å². The Morgan fingerprint density at radius 2 is 2.00 bits per heavy atom. The normalized spacial score (nSPS) is 11.1. The van der Waals surface area contributed by atoms with E-state index in [1.54, 1.807) is 0 Å². The molecule has 0 radical (unpaired) electrons. The number of alkyl halides is 3. The molecule has 0 aliphatic carbocycles. The Morgan fingerprint density at radius 1 is 1.43 bits per heavy atom. The number of carbonyl (C=O) groups excluding carboxylic acids is 1. The van der Waals surface area contributed by atoms with Crippen LogP contribution in [0.2, 0.25) is 0 Å². The average Bonchev–Trinajstić information content (AvgIpc) is 2.01. The fraction of sp³-hybridized carbons (Fsp3) is 0.125. The van der Waals surface area contributed by atoms with Crippen LogP contribution < -0.4 is 10.5 Å². The standard InChI is InChI=1S/C8H6ClF2NO2/c9-8(10,11)14-6-4-2-1-3-5(6)7(12)13/h1-4H,(H2,12,13). The van der Waals surface area contributed by atoms with Crippen LogP contribution in [0.1, 0.15) is 10.4 Å². The Bertz CT molecular complexity index is 351. The lowest BCUT2D eigenvalue weighted by Gasteiger charge is -2.12. The minimum absolute atomic E-state index is 0.146. The first-order valence-electron chi connectivity index (χ1n) is 3.55. The van der Waals surface area contributed by atoms with E-state index in [0.717, 1.165) is 0 Å². The molecular weight excluding hydrogens is 216 g/mol. The summed E-state index contributed by atoms with van der Waals surface area (Å²) in [6.07, 6.45) is 0. The zero-order valence-corrected chi connectivity index (χ0v) is 7.59. The van der Waals surface area contributed by atoms with Gasteiger partial charge in [-0.3, -0.25) is 4.79 Å². The second-order valence-electron chi connectivity index (χ2n) is 2.41. The highest BCUT2D eigenvalue weighted by Crippen LogP contribution is 2.27. The predicted molar refractivity (Wildman–Crippen MR) is 46.4 cm³/mol. The third-order valence-corrected chi connectivity index (χ3v) is 1.46. The summed E-state index contributed by atoms with van der Waals surface area (Å²) in [5.74, 6) is -1.21. The van der Waals surface area contributed by atoms with E-state index >= 15 is 0 Å². The minimum atomic E-state index is -3.86. The molecule has 0 saturated carbocycles. The van der Waals surface area contributed by atoms with E-state index in [0.29, 0.717) is 0 Å². The molecule has 1 aromatic carbocycles. The van der Waals surface area contributed by atoms with Gasteiger partial charge in [0.15, 0.2) is 0 Å². The topological polar surface area (TPSA) is 52.3 Å². The van der Waals surface area contributed by atoms with Gasteiger partial charge in [0, 0.05) is 11.6 Å². The van der Waals surface area contributed by atoms with Gasteiger partial charge < -0.3 is 10.5 Å². The van der Waals surface area contributed by atoms with Gasteiger partial charge in [0.1, 0.15) is 5.75 Å². The summed E-state index contributed by atoms with van der Waals surface area (Å²) >= 11 is 4.54. The van der Waals surface area contributed by atoms with Gasteiger partial charge in [0.05, 0.1) is 5.56 Å². The SMILES string of the molecule is NC(=O)c1ccccc1OC(F)(F)Cl. The minimum Gasteiger partial charge on any atom is -0.419 e. The van der Waals surface area contributed by atoms with Crippen LogP contribution in [0.5, 0.6) is 5.75 Å². The van der Waals surface area contributed by atoms with Gasteiger partial charge in [-0.1, -0.05) is 12.1 Å². The molecule has 3 nitrogen and oxygen atoms in total. The highest BCUT2D eigenvalue weighted by Gasteiger charge is 2.29. The number of benzene rings is 1. The van der Waals surface area contributed by atoms with E-state index < -0.39 is 11.5 Å². The van der Waals surface area contributed by atoms with Crippen molar-refractivity contribution in [2.75, 3.05) is 0 Å². The largest absolute Gasteiger partial charge is 0.487 e. The molecule has 1 rings (SSSR count). The lowest BCUT2D eigenvalue weighted by atomic mass is 10.2. The summed E-state index contributed by atoms with van der Waals surface area (Å²) in [7, 11) is 0. The third-order valence-electron chi connectivity index (χ3n) is 1.38. The molecule has 0 atom stereocenters. The molecule has 0 saturated heterocycles. The first-order chi connectivity index (χ1) is 6.40. The van der Waals surface area contributed by atoms with Crippen molar-refractivity contribution in [1.29, 1.82) is 0 Å². The zero-order valence-electron chi connectivity index (χ0n) is 6.84. The van der Waals surface area contributed by atoms with Gasteiger partial charge in [-0.25, -0.2) is 0 Å². The number of ether oxygens (including phenoxy) is 1. The van der Waals surface area contributed by atoms with Gasteiger partial charge in [-0.05, 0) is 12.1 Å². The molecule has 0 fully saturated rings. The molecule has 0 heterocycles. The van der Waals surface area contributed by atoms with Crippen molar-refractivity contribution in [3.8, 4) is 5.75 Å². The van der Waals surface area contributed by atoms with Crippen molar-refractivity contribution < 1.29 is 18.3 Å². The number of primary amides is 1. The number of hydrogen-bond acceptors (Lipinski definition) is 2. The molecule has 6 heteroatoms. The van der Waals surface area contributed by atoms with Crippen molar-refractivity contribution in [2.45, 2.75) is 5.57 Å². The number of rotatable bonds is 3. The monoisotopic (exact) mass is 221 g/mol. The van der Waals surface area contributed by atoms with E-state index in [2.05, 4.69) is 16.3 Å². The number of halogens is 3. The molecule has 1 amide bonds. The average molecular weight is 222 g/mol. The van der Waals surface area contributed by atoms with Gasteiger partial charge in [-0.2, -0.15) is 0 Å². The van der Waals surface area contributed by atoms with Crippen LogP contribution >= 0.6 is 11.6 Å². The summed E-state index contributed by atoms with van der Waals surface area (Å²) in [5, 5.41) is 0. The van der Waals surface area contributed by atoms with Gasteiger partial charge in [0.25, 0.3) is 5.91 Å². The van der Waals surface area contributed by atoms with Crippen molar-refractivity contribution in [3.05, 3.63) is 29.8 Å². The Labute approximate surface area is 83.4 Å². The van der Waals surface area contributed by atoms with Crippen LogP contribution in [0.4, 0.5) is 8.78 Å². The van der Waals surface area contributed by atoms with Crippen molar-refractivity contribution in [1.82, 2.24) is 0 Å². The van der Waals surface area contributed by atoms with E-state index in [1.807, 2.05) is 0 Å². The van der Waals surface area contributed by atoms with E-state index in [1.165, 1.54) is 24.3 Å². The van der Waals surface area contributed by atoms with Crippen LogP contribution in [0.3, 0.4) is 0 Å². The maximum absolute atomic E-state index is 12.2. The van der Waals surface area contributed by atoms with Crippen molar-refractivity contribution in [3.63, 3.8) is 0 Å². The summed E-state index contributed by atoms with van der Waals surface area (Å²) in [6, 6.07) is 5.33. The van der Waals surface area contributed by atoms with Gasteiger partial charge in [-0.15, -0.1) is 8.78 Å². The molecule has 0 spiro atoms. The molecule has 0 aliphatic heterocycles. The Balaban J connectivity index is 3.02. The molecule has 2 N–H and O–H groups in total. The molecular formula is C8H6ClF2NO2. The number of nitrogens with two attached hydrogens (primary N) is 1.